The van der Waals surface area contributed by atoms with E-state index >= 15 is 0 Å². The third kappa shape index (κ3) is 1.24. The van der Waals surface area contributed by atoms with Crippen molar-refractivity contribution in [1.82, 2.24) is 4.90 Å². The molecule has 0 spiro atoms. The van der Waals surface area contributed by atoms with Gasteiger partial charge in [-0.2, -0.15) is 4.99 Å². The van der Waals surface area contributed by atoms with Crippen LogP contribution in [0.2, 0.25) is 0 Å². The number of aliphatic imine (C=N–C) groups is 1. The molecule has 0 saturated heterocycles. The Balaban J connectivity index is 2.43. The molecule has 2 amide bonds. The van der Waals surface area contributed by atoms with Gasteiger partial charge in [0.25, 0.3) is 0 Å². The number of carbonyl (C=O) groups excluding carboxylic acids is 1. The first-order valence-corrected chi connectivity index (χ1v) is 5.72. The molecule has 4 nitrogen and oxygen atoms in total. The van der Waals surface area contributed by atoms with E-state index in [0.717, 1.165) is 19.3 Å². The number of nitrogens with two attached hydrogens (primary N) is 1. The van der Waals surface area contributed by atoms with Crippen molar-refractivity contribution >= 4 is 11.9 Å². The SMILES string of the molecule is C#CC(C)N1C(=O)N=C(N)C1(CC)C1CC1. The van der Waals surface area contributed by atoms with Gasteiger partial charge in [0, 0.05) is 0 Å². The molecule has 2 aliphatic rings. The summed E-state index contributed by atoms with van der Waals surface area (Å²) in [7, 11) is 0. The second kappa shape index (κ2) is 3.51. The minimum absolute atomic E-state index is 0.252. The zero-order chi connectivity index (χ0) is 11.9. The molecule has 16 heavy (non-hydrogen) atoms. The number of hydrogen-bond donors (Lipinski definition) is 1. The number of amides is 2. The van der Waals surface area contributed by atoms with E-state index in [9.17, 15) is 4.79 Å². The van der Waals surface area contributed by atoms with E-state index in [1.165, 1.54) is 0 Å². The molecule has 2 rings (SSSR count). The lowest BCUT2D eigenvalue weighted by molar-refractivity contribution is 0.141. The predicted octanol–water partition coefficient (Wildman–Crippen LogP) is 1.36. The summed E-state index contributed by atoms with van der Waals surface area (Å²) in [6, 6.07) is -0.533. The van der Waals surface area contributed by atoms with E-state index < -0.39 is 5.54 Å². The Bertz CT molecular complexity index is 392. The van der Waals surface area contributed by atoms with Crippen LogP contribution in [0.1, 0.15) is 33.1 Å². The van der Waals surface area contributed by atoms with Gasteiger partial charge in [-0.15, -0.1) is 6.42 Å². The van der Waals surface area contributed by atoms with Crippen molar-refractivity contribution in [2.75, 3.05) is 0 Å². The lowest BCUT2D eigenvalue weighted by Crippen LogP contribution is -2.58. The highest BCUT2D eigenvalue weighted by Crippen LogP contribution is 2.48. The summed E-state index contributed by atoms with van der Waals surface area (Å²) in [6.45, 7) is 3.88. The molecule has 4 heteroatoms. The van der Waals surface area contributed by atoms with Crippen LogP contribution < -0.4 is 5.73 Å². The van der Waals surface area contributed by atoms with Gasteiger partial charge in [0.1, 0.15) is 11.4 Å². The average Bonchev–Trinajstić information content (AvgIpc) is 3.05. The van der Waals surface area contributed by atoms with Gasteiger partial charge in [-0.1, -0.05) is 12.8 Å². The lowest BCUT2D eigenvalue weighted by atomic mass is 9.86. The summed E-state index contributed by atoms with van der Waals surface area (Å²) >= 11 is 0. The van der Waals surface area contributed by atoms with Crippen molar-refractivity contribution in [3.8, 4) is 12.3 Å². The molecule has 2 unspecified atom stereocenters. The highest BCUT2D eigenvalue weighted by molar-refractivity contribution is 6.06. The smallest absolute Gasteiger partial charge is 0.347 e. The van der Waals surface area contributed by atoms with E-state index in [1.54, 1.807) is 4.90 Å². The molecule has 86 valence electrons. The maximum Gasteiger partial charge on any atom is 0.347 e. The summed E-state index contributed by atoms with van der Waals surface area (Å²) in [5.74, 6) is 3.49. The largest absolute Gasteiger partial charge is 0.385 e. The van der Waals surface area contributed by atoms with Crippen LogP contribution in [0, 0.1) is 18.3 Å². The topological polar surface area (TPSA) is 58.7 Å². The zero-order valence-electron chi connectivity index (χ0n) is 9.73. The number of terminal acetylenes is 1. The van der Waals surface area contributed by atoms with Crippen molar-refractivity contribution in [3.63, 3.8) is 0 Å². The van der Waals surface area contributed by atoms with Crippen LogP contribution in [-0.4, -0.2) is 28.3 Å². The number of hydrogen-bond acceptors (Lipinski definition) is 2. The number of urea groups is 1. The van der Waals surface area contributed by atoms with Crippen LogP contribution in [0.4, 0.5) is 4.79 Å². The van der Waals surface area contributed by atoms with Crippen LogP contribution in [0.15, 0.2) is 4.99 Å². The predicted molar refractivity (Wildman–Crippen MR) is 62.9 cm³/mol. The van der Waals surface area contributed by atoms with E-state index in [0.29, 0.717) is 11.8 Å². The molecule has 0 aromatic heterocycles. The summed E-state index contributed by atoms with van der Waals surface area (Å²) in [5.41, 5.74) is 5.54. The molecule has 1 heterocycles. The van der Waals surface area contributed by atoms with E-state index in [4.69, 9.17) is 12.2 Å². The van der Waals surface area contributed by atoms with Crippen molar-refractivity contribution in [3.05, 3.63) is 0 Å². The Morgan fingerprint density at radius 1 is 1.75 bits per heavy atom. The second-order valence-electron chi connectivity index (χ2n) is 4.54. The van der Waals surface area contributed by atoms with Crippen LogP contribution in [0.25, 0.3) is 0 Å². The molecule has 1 fully saturated rings. The van der Waals surface area contributed by atoms with Gasteiger partial charge in [0.15, 0.2) is 0 Å². The zero-order valence-corrected chi connectivity index (χ0v) is 9.73. The molecule has 0 bridgehead atoms. The standard InChI is InChI=1S/C12H17N3O/c1-4-8(3)15-11(16)14-10(13)12(15,5-2)9-6-7-9/h1,8-9H,5-7H2,2-3H3,(H2,13,14,16). The molecule has 0 aromatic rings. The highest BCUT2D eigenvalue weighted by Gasteiger charge is 2.57. The Hall–Kier alpha value is -1.50. The summed E-state index contributed by atoms with van der Waals surface area (Å²) in [4.78, 5) is 17.5. The van der Waals surface area contributed by atoms with Crippen molar-refractivity contribution < 1.29 is 4.79 Å². The maximum absolute atomic E-state index is 11.9. The Labute approximate surface area is 95.9 Å². The van der Waals surface area contributed by atoms with Gasteiger partial charge >= 0.3 is 6.03 Å². The van der Waals surface area contributed by atoms with Gasteiger partial charge in [-0.05, 0) is 32.1 Å². The van der Waals surface area contributed by atoms with E-state index in [2.05, 4.69) is 10.9 Å². The minimum atomic E-state index is -0.414. The second-order valence-corrected chi connectivity index (χ2v) is 4.54. The average molecular weight is 219 g/mol. The van der Waals surface area contributed by atoms with Crippen LogP contribution in [0.5, 0.6) is 0 Å². The van der Waals surface area contributed by atoms with Crippen molar-refractivity contribution in [2.24, 2.45) is 16.6 Å². The summed E-state index contributed by atoms with van der Waals surface area (Å²) in [5, 5.41) is 0. The fourth-order valence-corrected chi connectivity index (χ4v) is 2.74. The summed E-state index contributed by atoms with van der Waals surface area (Å²) in [6.07, 6.45) is 8.41. The summed E-state index contributed by atoms with van der Waals surface area (Å²) < 4.78 is 0. The number of nitrogens with zero attached hydrogens (tertiary/aromatic N) is 2. The fourth-order valence-electron chi connectivity index (χ4n) is 2.74. The molecular weight excluding hydrogens is 202 g/mol. The first-order valence-electron chi connectivity index (χ1n) is 5.72. The highest BCUT2D eigenvalue weighted by atomic mass is 16.2. The Morgan fingerprint density at radius 2 is 2.38 bits per heavy atom. The normalized spacial score (nSPS) is 31.2. The van der Waals surface area contributed by atoms with Gasteiger partial charge in [-0.25, -0.2) is 4.79 Å². The van der Waals surface area contributed by atoms with E-state index in [1.807, 2.05) is 13.8 Å². The van der Waals surface area contributed by atoms with Crippen molar-refractivity contribution in [1.29, 1.82) is 0 Å². The van der Waals surface area contributed by atoms with Crippen LogP contribution in [0.3, 0.4) is 0 Å². The quantitative estimate of drug-likeness (QED) is 0.728. The van der Waals surface area contributed by atoms with E-state index in [-0.39, 0.29) is 12.1 Å². The van der Waals surface area contributed by atoms with Gasteiger partial charge in [-0.3, -0.25) is 4.90 Å². The maximum atomic E-state index is 11.9. The molecule has 0 radical (unpaired) electrons. The molecule has 1 saturated carbocycles. The van der Waals surface area contributed by atoms with Gasteiger partial charge in [0.05, 0.1) is 6.04 Å². The third-order valence-corrected chi connectivity index (χ3v) is 3.72. The Morgan fingerprint density at radius 3 is 2.81 bits per heavy atom. The molecule has 2 atom stereocenters. The lowest BCUT2D eigenvalue weighted by Gasteiger charge is -2.39. The number of rotatable bonds is 3. The first kappa shape index (κ1) is 11.0. The van der Waals surface area contributed by atoms with Gasteiger partial charge < -0.3 is 5.73 Å². The van der Waals surface area contributed by atoms with Gasteiger partial charge in [0.2, 0.25) is 0 Å². The minimum Gasteiger partial charge on any atom is -0.385 e. The third-order valence-electron chi connectivity index (χ3n) is 3.72. The van der Waals surface area contributed by atoms with Crippen LogP contribution in [-0.2, 0) is 0 Å². The number of amidine groups is 1. The Kier molecular flexibility index (Phi) is 2.42. The monoisotopic (exact) mass is 219 g/mol. The number of carbonyl (C=O) groups is 1. The van der Waals surface area contributed by atoms with Crippen LogP contribution >= 0.6 is 0 Å². The molecule has 1 aliphatic heterocycles. The molecule has 0 aromatic carbocycles. The molecular formula is C12H17N3O. The molecule has 2 N–H and O–H groups in total. The molecule has 1 aliphatic carbocycles. The fraction of sp³-hybridized carbons (Fsp3) is 0.667. The first-order chi connectivity index (χ1) is 7.57. The van der Waals surface area contributed by atoms with Crippen molar-refractivity contribution in [2.45, 2.75) is 44.7 Å².